The molecule has 0 aromatic rings. The Hall–Kier alpha value is -2.89. The van der Waals surface area contributed by atoms with E-state index in [1.807, 2.05) is 13.8 Å². The highest BCUT2D eigenvalue weighted by Crippen LogP contribution is 2.03. The number of nitrogens with one attached hydrogen (secondary N) is 4. The van der Waals surface area contributed by atoms with E-state index in [0.29, 0.717) is 65.0 Å². The Bertz CT molecular complexity index is 686. The molecule has 0 bridgehead atoms. The van der Waals surface area contributed by atoms with Crippen molar-refractivity contribution in [3.8, 4) is 0 Å². The molecule has 0 aromatic carbocycles. The fourth-order valence-corrected chi connectivity index (χ4v) is 3.65. The number of amides is 4. The van der Waals surface area contributed by atoms with Gasteiger partial charge >= 0.3 is 0 Å². The van der Waals surface area contributed by atoms with Crippen LogP contribution in [-0.2, 0) is 19.2 Å². The molecule has 0 rings (SSSR count). The van der Waals surface area contributed by atoms with Crippen molar-refractivity contribution >= 4 is 29.6 Å². The first kappa shape index (κ1) is 36.1. The van der Waals surface area contributed by atoms with E-state index in [9.17, 15) is 19.2 Å². The number of hydrogen-bond donors (Lipinski definition) is 6. The second-order valence-corrected chi connectivity index (χ2v) is 9.61. The molecule has 8 N–H and O–H groups in total. The standard InChI is InChI=1S/C27H54N8O4/c1-3-5-11-23(36)32-19-9-21-35(22-10-20-33-24(37)12-6-4-2)26(39)14-13-25(38)31-17-7-15-30-16-8-18-34-27(28)29/h30H,3-22H2,1-2H3,(H,31,38)(H,32,36)(H,33,37)(H4,28,29,34). The molecule has 0 aliphatic heterocycles. The number of carbonyl (C=O) groups excluding carboxylic acids is 4. The van der Waals surface area contributed by atoms with E-state index in [1.54, 1.807) is 4.90 Å². The molecule has 0 aliphatic carbocycles. The van der Waals surface area contributed by atoms with Crippen molar-refractivity contribution in [1.29, 1.82) is 0 Å². The maximum atomic E-state index is 12.9. The van der Waals surface area contributed by atoms with Gasteiger partial charge in [-0.15, -0.1) is 0 Å². The Morgan fingerprint density at radius 2 is 1.10 bits per heavy atom. The Balaban J connectivity index is 4.34. The van der Waals surface area contributed by atoms with Gasteiger partial charge in [-0.3, -0.25) is 24.2 Å². The minimum atomic E-state index is -0.151. The molecule has 226 valence electrons. The van der Waals surface area contributed by atoms with Crippen LogP contribution in [-0.4, -0.2) is 86.8 Å². The first-order chi connectivity index (χ1) is 18.8. The summed E-state index contributed by atoms with van der Waals surface area (Å²) in [7, 11) is 0. The number of hydrogen-bond acceptors (Lipinski definition) is 6. The second kappa shape index (κ2) is 25.4. The van der Waals surface area contributed by atoms with E-state index in [2.05, 4.69) is 26.3 Å². The SMILES string of the molecule is CCCCC(=O)NCCCN(CCCNC(=O)CCCC)C(=O)CCC(=O)NCCCNCCCN=C(N)N. The Morgan fingerprint density at radius 1 is 0.615 bits per heavy atom. The van der Waals surface area contributed by atoms with Crippen LogP contribution in [0.4, 0.5) is 0 Å². The average molecular weight is 555 g/mol. The van der Waals surface area contributed by atoms with E-state index in [-0.39, 0.29) is 42.4 Å². The van der Waals surface area contributed by atoms with E-state index in [0.717, 1.165) is 51.6 Å². The predicted octanol–water partition coefficient (Wildman–Crippen LogP) is 0.748. The number of unbranched alkanes of at least 4 members (excludes halogenated alkanes) is 2. The van der Waals surface area contributed by atoms with Crippen LogP contribution in [0.3, 0.4) is 0 Å². The smallest absolute Gasteiger partial charge is 0.223 e. The molecule has 0 aromatic heterocycles. The van der Waals surface area contributed by atoms with E-state index >= 15 is 0 Å². The van der Waals surface area contributed by atoms with Gasteiger partial charge in [-0.1, -0.05) is 26.7 Å². The van der Waals surface area contributed by atoms with Gasteiger partial charge in [0.05, 0.1) is 0 Å². The average Bonchev–Trinajstić information content (AvgIpc) is 2.91. The van der Waals surface area contributed by atoms with Gasteiger partial charge in [-0.05, 0) is 51.6 Å². The van der Waals surface area contributed by atoms with Crippen LogP contribution in [0.15, 0.2) is 4.99 Å². The quantitative estimate of drug-likeness (QED) is 0.0546. The molecular formula is C27H54N8O4. The van der Waals surface area contributed by atoms with E-state index < -0.39 is 0 Å². The van der Waals surface area contributed by atoms with Crippen LogP contribution >= 0.6 is 0 Å². The first-order valence-electron chi connectivity index (χ1n) is 14.6. The zero-order chi connectivity index (χ0) is 29.1. The highest BCUT2D eigenvalue weighted by molar-refractivity contribution is 5.83. The summed E-state index contributed by atoms with van der Waals surface area (Å²) < 4.78 is 0. The van der Waals surface area contributed by atoms with Crippen LogP contribution in [0.5, 0.6) is 0 Å². The molecule has 12 heteroatoms. The zero-order valence-electron chi connectivity index (χ0n) is 24.3. The van der Waals surface area contributed by atoms with Crippen molar-refractivity contribution < 1.29 is 19.2 Å². The van der Waals surface area contributed by atoms with E-state index in [1.165, 1.54) is 0 Å². The van der Waals surface area contributed by atoms with Gasteiger partial charge in [-0.2, -0.15) is 0 Å². The molecule has 0 saturated carbocycles. The summed E-state index contributed by atoms with van der Waals surface area (Å²) >= 11 is 0. The Labute approximate surface area is 234 Å². The lowest BCUT2D eigenvalue weighted by atomic mass is 10.2. The van der Waals surface area contributed by atoms with Crippen molar-refractivity contribution in [3.63, 3.8) is 0 Å². The number of nitrogens with zero attached hydrogens (tertiary/aromatic N) is 2. The third-order valence-corrected chi connectivity index (χ3v) is 5.95. The van der Waals surface area contributed by atoms with Gasteiger partial charge in [0, 0.05) is 65.0 Å². The van der Waals surface area contributed by atoms with Crippen molar-refractivity contribution in [3.05, 3.63) is 0 Å². The maximum Gasteiger partial charge on any atom is 0.223 e. The molecular weight excluding hydrogens is 500 g/mol. The molecule has 0 spiro atoms. The monoisotopic (exact) mass is 554 g/mol. The summed E-state index contributed by atoms with van der Waals surface area (Å²) in [4.78, 5) is 54.4. The molecule has 0 heterocycles. The molecule has 0 aliphatic rings. The second-order valence-electron chi connectivity index (χ2n) is 9.61. The number of rotatable bonds is 25. The van der Waals surface area contributed by atoms with E-state index in [4.69, 9.17) is 11.5 Å². The summed E-state index contributed by atoms with van der Waals surface area (Å²) in [5.41, 5.74) is 10.6. The lowest BCUT2D eigenvalue weighted by Crippen LogP contribution is -2.37. The third kappa shape index (κ3) is 23.9. The van der Waals surface area contributed by atoms with Crippen LogP contribution in [0.2, 0.25) is 0 Å². The van der Waals surface area contributed by atoms with Crippen LogP contribution in [0.25, 0.3) is 0 Å². The molecule has 0 atom stereocenters. The maximum absolute atomic E-state index is 12.9. The van der Waals surface area contributed by atoms with Crippen LogP contribution < -0.4 is 32.7 Å². The minimum absolute atomic E-state index is 0.0299. The summed E-state index contributed by atoms with van der Waals surface area (Å²) in [6, 6.07) is 0. The van der Waals surface area contributed by atoms with Crippen LogP contribution in [0.1, 0.15) is 90.9 Å². The highest BCUT2D eigenvalue weighted by Gasteiger charge is 2.15. The summed E-state index contributed by atoms with van der Waals surface area (Å²) in [5.74, 6) is -0.0915. The summed E-state index contributed by atoms with van der Waals surface area (Å²) in [6.45, 7) is 8.75. The number of carbonyl (C=O) groups is 4. The largest absolute Gasteiger partial charge is 0.370 e. The van der Waals surface area contributed by atoms with Crippen molar-refractivity contribution in [2.24, 2.45) is 16.5 Å². The fraction of sp³-hybridized carbons (Fsp3) is 0.815. The molecule has 0 unspecified atom stereocenters. The Kier molecular flexibility index (Phi) is 23.5. The van der Waals surface area contributed by atoms with Gasteiger partial charge < -0.3 is 37.6 Å². The topological polar surface area (TPSA) is 184 Å². The van der Waals surface area contributed by atoms with Gasteiger partial charge in [0.1, 0.15) is 0 Å². The lowest BCUT2D eigenvalue weighted by Gasteiger charge is -2.23. The van der Waals surface area contributed by atoms with Crippen molar-refractivity contribution in [1.82, 2.24) is 26.2 Å². The molecule has 0 fully saturated rings. The summed E-state index contributed by atoms with van der Waals surface area (Å²) in [5, 5.41) is 11.9. The number of nitrogens with two attached hydrogens (primary N) is 2. The number of aliphatic imine (C=N–C) groups is 1. The molecule has 0 saturated heterocycles. The zero-order valence-corrected chi connectivity index (χ0v) is 24.3. The molecule has 4 amide bonds. The first-order valence-corrected chi connectivity index (χ1v) is 14.6. The minimum Gasteiger partial charge on any atom is -0.370 e. The van der Waals surface area contributed by atoms with Crippen molar-refractivity contribution in [2.75, 3.05) is 52.4 Å². The normalized spacial score (nSPS) is 10.5. The lowest BCUT2D eigenvalue weighted by molar-refractivity contribution is -0.133. The van der Waals surface area contributed by atoms with Gasteiger partial charge in [0.25, 0.3) is 0 Å². The molecule has 12 nitrogen and oxygen atoms in total. The van der Waals surface area contributed by atoms with Gasteiger partial charge in [0.2, 0.25) is 23.6 Å². The van der Waals surface area contributed by atoms with Gasteiger partial charge in [-0.25, -0.2) is 0 Å². The Morgan fingerprint density at radius 3 is 1.62 bits per heavy atom. The molecule has 39 heavy (non-hydrogen) atoms. The molecule has 0 radical (unpaired) electrons. The number of guanidine groups is 1. The highest BCUT2D eigenvalue weighted by atomic mass is 16.2. The van der Waals surface area contributed by atoms with Gasteiger partial charge in [0.15, 0.2) is 5.96 Å². The van der Waals surface area contributed by atoms with Crippen LogP contribution in [0, 0.1) is 0 Å². The fourth-order valence-electron chi connectivity index (χ4n) is 3.65. The third-order valence-electron chi connectivity index (χ3n) is 5.95. The predicted molar refractivity (Wildman–Crippen MR) is 156 cm³/mol. The summed E-state index contributed by atoms with van der Waals surface area (Å²) in [6.07, 6.45) is 7.83. The van der Waals surface area contributed by atoms with Crippen molar-refractivity contribution in [2.45, 2.75) is 90.9 Å².